The second kappa shape index (κ2) is 12.8. The van der Waals surface area contributed by atoms with Crippen LogP contribution in [0.3, 0.4) is 0 Å². The van der Waals surface area contributed by atoms with E-state index in [4.69, 9.17) is 0 Å². The Bertz CT molecular complexity index is 77.4. The molecular formula is C10H18Pt. The predicted molar refractivity (Wildman–Crippen MR) is 49.6 cm³/mol. The van der Waals surface area contributed by atoms with Gasteiger partial charge in [-0.3, -0.25) is 0 Å². The van der Waals surface area contributed by atoms with Gasteiger partial charge in [0.15, 0.2) is 0 Å². The van der Waals surface area contributed by atoms with Crippen LogP contribution in [-0.2, 0) is 21.1 Å². The Kier molecular flexibility index (Phi) is 20.2. The molecule has 0 radical (unpaired) electrons. The van der Waals surface area contributed by atoms with Gasteiger partial charge in [0.05, 0.1) is 0 Å². The molecule has 0 heterocycles. The summed E-state index contributed by atoms with van der Waals surface area (Å²) in [6, 6.07) is 0. The molecule has 68 valence electrons. The third-order valence-corrected chi connectivity index (χ3v) is 1.33. The summed E-state index contributed by atoms with van der Waals surface area (Å²) in [5.74, 6) is 0. The average Bonchev–Trinajstić information content (AvgIpc) is 1.62. The maximum atomic E-state index is 2.27. The fourth-order valence-corrected chi connectivity index (χ4v) is 0.856. The van der Waals surface area contributed by atoms with E-state index < -0.39 is 0 Å². The maximum Gasteiger partial charge on any atom is 2.00 e. The van der Waals surface area contributed by atoms with Crippen molar-refractivity contribution < 1.29 is 21.1 Å². The quantitative estimate of drug-likeness (QED) is 0.470. The van der Waals surface area contributed by atoms with Crippen LogP contribution in [0.1, 0.15) is 25.7 Å². The van der Waals surface area contributed by atoms with E-state index in [-0.39, 0.29) is 35.9 Å². The Morgan fingerprint density at radius 2 is 0.727 bits per heavy atom. The number of rotatable bonds is 0. The molecule has 1 aliphatic rings. The Morgan fingerprint density at radius 1 is 0.545 bits per heavy atom. The summed E-state index contributed by atoms with van der Waals surface area (Å²) in [6.45, 7) is 0. The molecule has 0 saturated carbocycles. The summed E-state index contributed by atoms with van der Waals surface area (Å²) in [5, 5.41) is 0. The number of hydrogen-bond acceptors (Lipinski definition) is 0. The molecule has 0 fully saturated rings. The van der Waals surface area contributed by atoms with Gasteiger partial charge in [0.2, 0.25) is 0 Å². The van der Waals surface area contributed by atoms with Gasteiger partial charge in [0, 0.05) is 0 Å². The largest absolute Gasteiger partial charge is 2.00 e. The first kappa shape index (κ1) is 17.3. The van der Waals surface area contributed by atoms with Crippen LogP contribution in [0.5, 0.6) is 0 Å². The monoisotopic (exact) mass is 333 g/mol. The molecule has 0 aromatic carbocycles. The van der Waals surface area contributed by atoms with Crippen molar-refractivity contribution in [2.45, 2.75) is 25.7 Å². The minimum atomic E-state index is 0. The molecule has 0 aromatic rings. The van der Waals surface area contributed by atoms with Gasteiger partial charge >= 0.3 is 21.1 Å². The smallest absolute Gasteiger partial charge is 0.358 e. The molecule has 0 bridgehead atoms. The summed E-state index contributed by atoms with van der Waals surface area (Å²) in [7, 11) is 0. The zero-order chi connectivity index (χ0) is 5.66. The third-order valence-electron chi connectivity index (χ3n) is 1.33. The normalized spacial score (nSPS) is 20.4. The van der Waals surface area contributed by atoms with E-state index in [2.05, 4.69) is 24.3 Å². The van der Waals surface area contributed by atoms with Gasteiger partial charge in [0.25, 0.3) is 0 Å². The van der Waals surface area contributed by atoms with E-state index >= 15 is 0 Å². The summed E-state index contributed by atoms with van der Waals surface area (Å²) < 4.78 is 0. The molecule has 0 atom stereocenters. The molecule has 1 aliphatic carbocycles. The van der Waals surface area contributed by atoms with Crippen LogP contribution >= 0.6 is 0 Å². The van der Waals surface area contributed by atoms with Crippen molar-refractivity contribution in [3.05, 3.63) is 39.2 Å². The van der Waals surface area contributed by atoms with E-state index in [0.717, 1.165) is 0 Å². The topological polar surface area (TPSA) is 0 Å². The van der Waals surface area contributed by atoms with Crippen LogP contribution in [0.15, 0.2) is 24.3 Å². The summed E-state index contributed by atoms with van der Waals surface area (Å²) >= 11 is 0. The molecule has 0 saturated heterocycles. The van der Waals surface area contributed by atoms with Crippen LogP contribution in [-0.4, -0.2) is 0 Å². The second-order valence-corrected chi connectivity index (χ2v) is 2.10. The first-order chi connectivity index (χ1) is 4.00. The zero-order valence-corrected chi connectivity index (χ0v) is 9.73. The van der Waals surface area contributed by atoms with Crippen molar-refractivity contribution in [3.8, 4) is 0 Å². The Balaban J connectivity index is -0.000000213. The van der Waals surface area contributed by atoms with Crippen LogP contribution in [0.4, 0.5) is 0 Å². The van der Waals surface area contributed by atoms with E-state index in [1.54, 1.807) is 0 Å². The van der Waals surface area contributed by atoms with Crippen molar-refractivity contribution in [3.63, 3.8) is 0 Å². The molecule has 0 aromatic heterocycles. The van der Waals surface area contributed by atoms with Crippen molar-refractivity contribution >= 4 is 0 Å². The van der Waals surface area contributed by atoms with E-state index in [1.165, 1.54) is 25.7 Å². The van der Waals surface area contributed by atoms with Crippen molar-refractivity contribution in [2.24, 2.45) is 0 Å². The van der Waals surface area contributed by atoms with Gasteiger partial charge in [-0.25, -0.2) is 0 Å². The van der Waals surface area contributed by atoms with Gasteiger partial charge < -0.3 is 14.9 Å². The van der Waals surface area contributed by atoms with Crippen molar-refractivity contribution in [1.82, 2.24) is 0 Å². The molecule has 0 N–H and O–H groups in total. The Hall–Kier alpha value is 0.168. The molecule has 1 heteroatoms. The zero-order valence-electron chi connectivity index (χ0n) is 7.45. The van der Waals surface area contributed by atoms with Crippen molar-refractivity contribution in [2.75, 3.05) is 0 Å². The van der Waals surface area contributed by atoms with Crippen molar-refractivity contribution in [1.29, 1.82) is 0 Å². The maximum absolute atomic E-state index is 2.27. The third kappa shape index (κ3) is 10.2. The molecule has 0 amide bonds. The molecule has 0 spiro atoms. The van der Waals surface area contributed by atoms with Gasteiger partial charge in [-0.05, 0) is 25.7 Å². The molecule has 0 nitrogen and oxygen atoms in total. The Labute approximate surface area is 86.0 Å². The molecule has 0 aliphatic heterocycles. The summed E-state index contributed by atoms with van der Waals surface area (Å²) in [5.41, 5.74) is 0. The minimum absolute atomic E-state index is 0. The number of allylic oxidation sites excluding steroid dienone is 4. The first-order valence-corrected chi connectivity index (χ1v) is 3.30. The Morgan fingerprint density at radius 3 is 0.909 bits per heavy atom. The second-order valence-electron chi connectivity index (χ2n) is 2.10. The van der Waals surface area contributed by atoms with Crippen LogP contribution in [0, 0.1) is 14.9 Å². The minimum Gasteiger partial charge on any atom is -0.358 e. The molecule has 0 unspecified atom stereocenters. The van der Waals surface area contributed by atoms with Gasteiger partial charge in [-0.2, -0.15) is 0 Å². The fraction of sp³-hybridized carbons (Fsp3) is 0.400. The molecular weight excluding hydrogens is 315 g/mol. The summed E-state index contributed by atoms with van der Waals surface area (Å²) in [4.78, 5) is 0. The average molecular weight is 333 g/mol. The first-order valence-electron chi connectivity index (χ1n) is 3.30. The van der Waals surface area contributed by atoms with Crippen LogP contribution in [0.2, 0.25) is 0 Å². The summed E-state index contributed by atoms with van der Waals surface area (Å²) in [6.07, 6.45) is 14.0. The molecule has 1 rings (SSSR count). The van der Waals surface area contributed by atoms with Gasteiger partial charge in [-0.15, -0.1) is 0 Å². The van der Waals surface area contributed by atoms with Gasteiger partial charge in [-0.1, -0.05) is 24.3 Å². The molecule has 11 heavy (non-hydrogen) atoms. The van der Waals surface area contributed by atoms with Crippen LogP contribution in [0.25, 0.3) is 0 Å². The van der Waals surface area contributed by atoms with Gasteiger partial charge in [0.1, 0.15) is 0 Å². The SMILES string of the molecule is C1=C\CC/C=C\CC/1.[CH3-].[CH3-].[Pt+2]. The standard InChI is InChI=1S/C8H12.2CH3.Pt/c1-2-4-6-8-7-5-3-1;;;/h1-2,7-8H,3-6H2;2*1H3;/q;2*-1;+2/b2-1-,8-7-;;;. The predicted octanol–water partition coefficient (Wildman–Crippen LogP) is 3.57. The van der Waals surface area contributed by atoms with Crippen LogP contribution < -0.4 is 0 Å². The fourth-order valence-electron chi connectivity index (χ4n) is 0.856. The number of hydrogen-bond donors (Lipinski definition) is 0. The van der Waals surface area contributed by atoms with E-state index in [1.807, 2.05) is 0 Å². The van der Waals surface area contributed by atoms with E-state index in [0.29, 0.717) is 0 Å². The van der Waals surface area contributed by atoms with E-state index in [9.17, 15) is 0 Å².